The fourth-order valence-electron chi connectivity index (χ4n) is 2.61. The molecule has 1 heterocycles. The lowest BCUT2D eigenvalue weighted by atomic mass is 10.0. The van der Waals surface area contributed by atoms with Crippen molar-refractivity contribution in [1.82, 2.24) is 10.2 Å². The molecule has 116 valence electrons. The van der Waals surface area contributed by atoms with Gasteiger partial charge in [-0.15, -0.1) is 0 Å². The standard InChI is InChI=1S/C16H24N2O3/c1-11-4-5-15(19)14(10-11)12(2)17-13(3)16(20)18-6-8-21-9-7-18/h4-5,10,12-13,17,19H,6-9H2,1-3H3. The van der Waals surface area contributed by atoms with Gasteiger partial charge in [0.15, 0.2) is 0 Å². The van der Waals surface area contributed by atoms with E-state index < -0.39 is 0 Å². The average Bonchev–Trinajstić information content (AvgIpc) is 2.49. The molecule has 0 saturated carbocycles. The third kappa shape index (κ3) is 3.95. The molecule has 1 amide bonds. The number of carbonyl (C=O) groups excluding carboxylic acids is 1. The van der Waals surface area contributed by atoms with Gasteiger partial charge in [0, 0.05) is 24.7 Å². The molecule has 1 aliphatic heterocycles. The van der Waals surface area contributed by atoms with E-state index in [2.05, 4.69) is 5.32 Å². The van der Waals surface area contributed by atoms with Crippen molar-refractivity contribution in [3.8, 4) is 5.75 Å². The molecule has 5 nitrogen and oxygen atoms in total. The van der Waals surface area contributed by atoms with Crippen LogP contribution in [0.4, 0.5) is 0 Å². The predicted molar refractivity (Wildman–Crippen MR) is 81.3 cm³/mol. The van der Waals surface area contributed by atoms with Crippen LogP contribution in [0, 0.1) is 6.92 Å². The van der Waals surface area contributed by atoms with Crippen molar-refractivity contribution in [3.63, 3.8) is 0 Å². The van der Waals surface area contributed by atoms with Crippen LogP contribution in [0.1, 0.15) is 31.0 Å². The van der Waals surface area contributed by atoms with Gasteiger partial charge in [-0.1, -0.05) is 17.7 Å². The Hall–Kier alpha value is -1.59. The largest absolute Gasteiger partial charge is 0.508 e. The lowest BCUT2D eigenvalue weighted by Gasteiger charge is -2.30. The first kappa shape index (κ1) is 15.8. The van der Waals surface area contributed by atoms with E-state index in [0.717, 1.165) is 11.1 Å². The summed E-state index contributed by atoms with van der Waals surface area (Å²) >= 11 is 0. The van der Waals surface area contributed by atoms with Gasteiger partial charge in [-0.05, 0) is 26.8 Å². The van der Waals surface area contributed by atoms with Crippen LogP contribution in [0.15, 0.2) is 18.2 Å². The molecule has 2 N–H and O–H groups in total. The van der Waals surface area contributed by atoms with E-state index in [1.807, 2.05) is 37.8 Å². The number of aromatic hydroxyl groups is 1. The molecule has 1 saturated heterocycles. The second-order valence-electron chi connectivity index (χ2n) is 5.61. The summed E-state index contributed by atoms with van der Waals surface area (Å²) in [6, 6.07) is 5.12. The fraction of sp³-hybridized carbons (Fsp3) is 0.562. The summed E-state index contributed by atoms with van der Waals surface area (Å²) in [6.45, 7) is 8.31. The maximum absolute atomic E-state index is 12.4. The molecule has 0 aliphatic carbocycles. The van der Waals surface area contributed by atoms with Crippen molar-refractivity contribution in [3.05, 3.63) is 29.3 Å². The summed E-state index contributed by atoms with van der Waals surface area (Å²) in [4.78, 5) is 14.2. The Morgan fingerprint density at radius 3 is 2.67 bits per heavy atom. The molecular formula is C16H24N2O3. The molecular weight excluding hydrogens is 268 g/mol. The monoisotopic (exact) mass is 292 g/mol. The quantitative estimate of drug-likeness (QED) is 0.885. The molecule has 2 unspecified atom stereocenters. The minimum absolute atomic E-state index is 0.0808. The topological polar surface area (TPSA) is 61.8 Å². The number of hydrogen-bond acceptors (Lipinski definition) is 4. The Kier molecular flexibility index (Phi) is 5.20. The molecule has 2 atom stereocenters. The first-order chi connectivity index (χ1) is 9.99. The smallest absolute Gasteiger partial charge is 0.239 e. The summed E-state index contributed by atoms with van der Waals surface area (Å²) in [7, 11) is 0. The maximum Gasteiger partial charge on any atom is 0.239 e. The first-order valence-corrected chi connectivity index (χ1v) is 7.41. The van der Waals surface area contributed by atoms with Crippen LogP contribution < -0.4 is 5.32 Å². The van der Waals surface area contributed by atoms with E-state index in [4.69, 9.17) is 4.74 Å². The summed E-state index contributed by atoms with van der Waals surface area (Å²) in [5.41, 5.74) is 1.90. The third-order valence-corrected chi connectivity index (χ3v) is 3.84. The summed E-state index contributed by atoms with van der Waals surface area (Å²) in [5.74, 6) is 0.337. The molecule has 0 spiro atoms. The van der Waals surface area contributed by atoms with E-state index in [-0.39, 0.29) is 23.7 Å². The van der Waals surface area contributed by atoms with Crippen LogP contribution in [0.5, 0.6) is 5.75 Å². The van der Waals surface area contributed by atoms with Crippen molar-refractivity contribution in [2.75, 3.05) is 26.3 Å². The van der Waals surface area contributed by atoms with E-state index in [1.54, 1.807) is 6.07 Å². The van der Waals surface area contributed by atoms with Crippen LogP contribution >= 0.6 is 0 Å². The van der Waals surface area contributed by atoms with Gasteiger partial charge in [0.05, 0.1) is 19.3 Å². The molecule has 0 bridgehead atoms. The number of nitrogens with one attached hydrogen (secondary N) is 1. The van der Waals surface area contributed by atoms with Crippen molar-refractivity contribution >= 4 is 5.91 Å². The number of amides is 1. The molecule has 21 heavy (non-hydrogen) atoms. The second-order valence-corrected chi connectivity index (χ2v) is 5.61. The van der Waals surface area contributed by atoms with Crippen molar-refractivity contribution in [2.24, 2.45) is 0 Å². The van der Waals surface area contributed by atoms with Gasteiger partial charge >= 0.3 is 0 Å². The van der Waals surface area contributed by atoms with Gasteiger partial charge < -0.3 is 14.7 Å². The number of ether oxygens (including phenoxy) is 1. The third-order valence-electron chi connectivity index (χ3n) is 3.84. The highest BCUT2D eigenvalue weighted by atomic mass is 16.5. The van der Waals surface area contributed by atoms with Gasteiger partial charge in [-0.25, -0.2) is 0 Å². The maximum atomic E-state index is 12.4. The van der Waals surface area contributed by atoms with Crippen LogP contribution in [0.3, 0.4) is 0 Å². The first-order valence-electron chi connectivity index (χ1n) is 7.41. The van der Waals surface area contributed by atoms with Crippen LogP contribution in [-0.4, -0.2) is 48.3 Å². The van der Waals surface area contributed by atoms with E-state index >= 15 is 0 Å². The van der Waals surface area contributed by atoms with Crippen molar-refractivity contribution in [2.45, 2.75) is 32.9 Å². The van der Waals surface area contributed by atoms with E-state index in [1.165, 1.54) is 0 Å². The molecule has 5 heteroatoms. The lowest BCUT2D eigenvalue weighted by Crippen LogP contribution is -2.49. The molecule has 0 radical (unpaired) electrons. The number of morpholine rings is 1. The minimum Gasteiger partial charge on any atom is -0.508 e. The summed E-state index contributed by atoms with van der Waals surface area (Å²) in [6.07, 6.45) is 0. The number of carbonyl (C=O) groups is 1. The zero-order valence-electron chi connectivity index (χ0n) is 12.9. The summed E-state index contributed by atoms with van der Waals surface area (Å²) < 4.78 is 5.26. The Labute approximate surface area is 125 Å². The number of nitrogens with zero attached hydrogens (tertiary/aromatic N) is 1. The van der Waals surface area contributed by atoms with Gasteiger partial charge in [0.1, 0.15) is 5.75 Å². The summed E-state index contributed by atoms with van der Waals surface area (Å²) in [5, 5.41) is 13.2. The molecule has 0 aromatic heterocycles. The van der Waals surface area contributed by atoms with E-state index in [0.29, 0.717) is 26.3 Å². The Balaban J connectivity index is 1.99. The molecule has 2 rings (SSSR count). The van der Waals surface area contributed by atoms with Crippen LogP contribution in [-0.2, 0) is 9.53 Å². The average molecular weight is 292 g/mol. The van der Waals surface area contributed by atoms with Gasteiger partial charge in [-0.3, -0.25) is 10.1 Å². The molecule has 1 fully saturated rings. The predicted octanol–water partition coefficient (Wildman–Crippen LogP) is 1.60. The minimum atomic E-state index is -0.294. The van der Waals surface area contributed by atoms with Gasteiger partial charge in [0.2, 0.25) is 5.91 Å². The zero-order chi connectivity index (χ0) is 15.4. The number of phenols is 1. The molecule has 1 aromatic rings. The fourth-order valence-corrected chi connectivity index (χ4v) is 2.61. The normalized spacial score (nSPS) is 18.3. The van der Waals surface area contributed by atoms with Crippen LogP contribution in [0.25, 0.3) is 0 Å². The number of benzene rings is 1. The van der Waals surface area contributed by atoms with E-state index in [9.17, 15) is 9.90 Å². The highest BCUT2D eigenvalue weighted by molar-refractivity contribution is 5.81. The Morgan fingerprint density at radius 2 is 2.00 bits per heavy atom. The Morgan fingerprint density at radius 1 is 1.33 bits per heavy atom. The Bertz CT molecular complexity index is 498. The zero-order valence-corrected chi connectivity index (χ0v) is 12.9. The molecule has 1 aromatic carbocycles. The number of rotatable bonds is 4. The number of hydrogen-bond donors (Lipinski definition) is 2. The molecule has 1 aliphatic rings. The number of phenolic OH excluding ortho intramolecular Hbond substituents is 1. The van der Waals surface area contributed by atoms with Gasteiger partial charge in [0.25, 0.3) is 0 Å². The van der Waals surface area contributed by atoms with Crippen molar-refractivity contribution < 1.29 is 14.6 Å². The lowest BCUT2D eigenvalue weighted by molar-refractivity contribution is -0.137. The second kappa shape index (κ2) is 6.91. The van der Waals surface area contributed by atoms with Crippen molar-refractivity contribution in [1.29, 1.82) is 0 Å². The highest BCUT2D eigenvalue weighted by Gasteiger charge is 2.24. The van der Waals surface area contributed by atoms with Crippen LogP contribution in [0.2, 0.25) is 0 Å². The number of aryl methyl sites for hydroxylation is 1. The highest BCUT2D eigenvalue weighted by Crippen LogP contribution is 2.25. The SMILES string of the molecule is Cc1ccc(O)c(C(C)NC(C)C(=O)N2CCOCC2)c1. The van der Waals surface area contributed by atoms with Gasteiger partial charge in [-0.2, -0.15) is 0 Å².